The van der Waals surface area contributed by atoms with Crippen molar-refractivity contribution in [2.75, 3.05) is 11.9 Å². The molecule has 1 fully saturated rings. The number of thioether (sulfide) groups is 2. The van der Waals surface area contributed by atoms with E-state index in [0.29, 0.717) is 22.2 Å². The van der Waals surface area contributed by atoms with Gasteiger partial charge in [-0.25, -0.2) is 4.99 Å². The Hall–Kier alpha value is -3.49. The summed E-state index contributed by atoms with van der Waals surface area (Å²) in [4.78, 5) is 35.5. The van der Waals surface area contributed by atoms with Gasteiger partial charge in [0, 0.05) is 17.5 Å². The highest BCUT2D eigenvalue weighted by molar-refractivity contribution is 8.19. The van der Waals surface area contributed by atoms with Crippen LogP contribution in [0.4, 0.5) is 11.4 Å². The maximum Gasteiger partial charge on any atom is 0.269 e. The Morgan fingerprint density at radius 1 is 1.00 bits per heavy atom. The molecular weight excluding hydrogens is 466 g/mol. The predicted octanol–water partition coefficient (Wildman–Crippen LogP) is 5.77. The van der Waals surface area contributed by atoms with Crippen LogP contribution in [-0.2, 0) is 11.3 Å². The molecule has 0 aliphatic carbocycles. The van der Waals surface area contributed by atoms with Gasteiger partial charge in [-0.2, -0.15) is 0 Å². The van der Waals surface area contributed by atoms with Crippen LogP contribution >= 0.6 is 23.5 Å². The Labute approximate surface area is 206 Å². The topological polar surface area (TPSA) is 73.2 Å². The molecule has 34 heavy (non-hydrogen) atoms. The second-order valence-electron chi connectivity index (χ2n) is 7.90. The number of aliphatic imine (C=N–C) groups is 1. The number of carbonyl (C=O) groups excluding carboxylic acids is 2. The molecule has 1 N–H and O–H groups in total. The summed E-state index contributed by atoms with van der Waals surface area (Å²) >= 11 is 2.84. The van der Waals surface area contributed by atoms with Crippen molar-refractivity contribution in [2.24, 2.45) is 4.99 Å². The zero-order valence-corrected chi connectivity index (χ0v) is 20.2. The van der Waals surface area contributed by atoms with Gasteiger partial charge in [-0.15, -0.1) is 0 Å². The van der Waals surface area contributed by atoms with E-state index in [2.05, 4.69) is 4.99 Å². The number of Topliss-reactive ketones (excluding diaryl/α,β-unsaturated/α-hetero) is 1. The fourth-order valence-corrected chi connectivity index (χ4v) is 6.10. The number of nitrogens with zero attached hydrogens (tertiary/aromatic N) is 3. The van der Waals surface area contributed by atoms with Crippen LogP contribution in [0.2, 0.25) is 0 Å². The van der Waals surface area contributed by atoms with E-state index in [1.165, 1.54) is 24.8 Å². The van der Waals surface area contributed by atoms with Crippen molar-refractivity contribution in [3.63, 3.8) is 0 Å². The summed E-state index contributed by atoms with van der Waals surface area (Å²) in [6, 6.07) is 22.3. The number of para-hydroxylation sites is 1. The number of amidine groups is 1. The molecule has 5 rings (SSSR count). The third-order valence-electron chi connectivity index (χ3n) is 5.58. The summed E-state index contributed by atoms with van der Waals surface area (Å²) in [5.74, 6) is -0.314. The van der Waals surface area contributed by atoms with Crippen LogP contribution in [0.3, 0.4) is 0 Å². The van der Waals surface area contributed by atoms with Crippen molar-refractivity contribution in [1.29, 1.82) is 0 Å². The Kier molecular flexibility index (Phi) is 5.93. The quantitative estimate of drug-likeness (QED) is 0.372. The smallest absolute Gasteiger partial charge is 0.269 e. The lowest BCUT2D eigenvalue weighted by molar-refractivity contribution is -0.122. The van der Waals surface area contributed by atoms with E-state index in [-0.39, 0.29) is 23.1 Å². The number of phenols is 1. The Bertz CT molecular complexity index is 1370. The van der Waals surface area contributed by atoms with Gasteiger partial charge < -0.3 is 10.0 Å². The maximum absolute atomic E-state index is 13.7. The number of aromatic hydroxyl groups is 1. The number of carbonyl (C=O) groups is 2. The van der Waals surface area contributed by atoms with E-state index < -0.39 is 0 Å². The van der Waals surface area contributed by atoms with E-state index >= 15 is 0 Å². The minimum Gasteiger partial charge on any atom is -0.506 e. The van der Waals surface area contributed by atoms with Crippen molar-refractivity contribution in [3.8, 4) is 5.75 Å². The third-order valence-corrected chi connectivity index (χ3v) is 8.01. The van der Waals surface area contributed by atoms with E-state index in [4.69, 9.17) is 0 Å². The molecule has 170 valence electrons. The third kappa shape index (κ3) is 4.10. The Morgan fingerprint density at radius 3 is 2.47 bits per heavy atom. The highest BCUT2D eigenvalue weighted by atomic mass is 32.2. The number of phenolic OH excluding ortho intramolecular Hbond substituents is 1. The number of fused-ring (bicyclic) bond motifs is 1. The van der Waals surface area contributed by atoms with Gasteiger partial charge in [0.25, 0.3) is 5.91 Å². The van der Waals surface area contributed by atoms with Crippen molar-refractivity contribution < 1.29 is 14.7 Å². The molecule has 0 bridgehead atoms. The summed E-state index contributed by atoms with van der Waals surface area (Å²) < 4.78 is 0. The van der Waals surface area contributed by atoms with Gasteiger partial charge in [-0.1, -0.05) is 54.2 Å². The first-order valence-corrected chi connectivity index (χ1v) is 12.3. The molecule has 2 heterocycles. The first-order valence-electron chi connectivity index (χ1n) is 10.6. The monoisotopic (exact) mass is 487 g/mol. The van der Waals surface area contributed by atoms with Crippen LogP contribution < -0.4 is 4.90 Å². The molecular formula is C26H21N3O3S2. The largest absolute Gasteiger partial charge is 0.506 e. The van der Waals surface area contributed by atoms with Crippen LogP contribution in [0.15, 0.2) is 92.6 Å². The van der Waals surface area contributed by atoms with Crippen LogP contribution in [0.5, 0.6) is 5.75 Å². The lowest BCUT2D eigenvalue weighted by atomic mass is 10.1. The first-order chi connectivity index (χ1) is 16.4. The molecule has 3 aromatic rings. The molecule has 3 aromatic carbocycles. The van der Waals surface area contributed by atoms with E-state index in [1.54, 1.807) is 28.8 Å². The second kappa shape index (κ2) is 9.04. The van der Waals surface area contributed by atoms with Gasteiger partial charge >= 0.3 is 0 Å². The number of amides is 1. The van der Waals surface area contributed by atoms with Crippen molar-refractivity contribution in [1.82, 2.24) is 4.90 Å². The molecule has 0 spiro atoms. The molecule has 2 aliphatic heterocycles. The molecule has 0 aromatic heterocycles. The van der Waals surface area contributed by atoms with Gasteiger partial charge in [0.05, 0.1) is 17.3 Å². The van der Waals surface area contributed by atoms with Crippen molar-refractivity contribution in [2.45, 2.75) is 18.4 Å². The highest BCUT2D eigenvalue weighted by Crippen LogP contribution is 2.50. The molecule has 0 radical (unpaired) electrons. The number of ketones is 1. The summed E-state index contributed by atoms with van der Waals surface area (Å²) in [5.41, 5.74) is 2.72. The number of anilines is 1. The van der Waals surface area contributed by atoms with Gasteiger partial charge in [0.15, 0.2) is 11.0 Å². The molecule has 8 heteroatoms. The molecule has 1 amide bonds. The van der Waals surface area contributed by atoms with Gasteiger partial charge in [-0.05, 0) is 54.6 Å². The standard InChI is InChI=1S/C26H21N3O3S2/c1-16(30)18-12-13-21(31)19(14-18)27-26-29(15-17-8-4-3-5-9-17)24(32)23(34-26)25-28(2)20-10-6-7-11-22(20)33-25/h3-14,31H,15H2,1-2H3/b25-23-,27-26-. The van der Waals surface area contributed by atoms with Gasteiger partial charge in [0.1, 0.15) is 16.3 Å². The normalized spacial score (nSPS) is 18.6. The van der Waals surface area contributed by atoms with Crippen LogP contribution in [-0.4, -0.2) is 33.9 Å². The van der Waals surface area contributed by atoms with Crippen LogP contribution in [0.1, 0.15) is 22.8 Å². The molecule has 6 nitrogen and oxygen atoms in total. The highest BCUT2D eigenvalue weighted by Gasteiger charge is 2.39. The van der Waals surface area contributed by atoms with Crippen LogP contribution in [0, 0.1) is 0 Å². The predicted molar refractivity (Wildman–Crippen MR) is 138 cm³/mol. The number of hydrogen-bond donors (Lipinski definition) is 1. The van der Waals surface area contributed by atoms with Crippen molar-refractivity contribution >= 4 is 51.8 Å². The average molecular weight is 488 g/mol. The SMILES string of the molecule is CC(=O)c1ccc(O)c(/N=C2\S/C(=C3\Sc4ccccc4N3C)C(=O)N2Cc2ccccc2)c1. The number of rotatable bonds is 4. The molecule has 0 unspecified atom stereocenters. The summed E-state index contributed by atoms with van der Waals surface area (Å²) in [7, 11) is 1.95. The fourth-order valence-electron chi connectivity index (χ4n) is 3.76. The molecule has 0 saturated carbocycles. The number of benzene rings is 3. The molecule has 2 aliphatic rings. The maximum atomic E-state index is 13.7. The summed E-state index contributed by atoms with van der Waals surface area (Å²) in [6.45, 7) is 1.81. The lowest BCUT2D eigenvalue weighted by Gasteiger charge is -2.17. The second-order valence-corrected chi connectivity index (χ2v) is 9.90. The Balaban J connectivity index is 1.59. The Morgan fingerprint density at radius 2 is 1.74 bits per heavy atom. The van der Waals surface area contributed by atoms with Crippen molar-refractivity contribution in [3.05, 3.63) is 93.9 Å². The fraction of sp³-hybridized carbons (Fsp3) is 0.115. The van der Waals surface area contributed by atoms with E-state index in [1.807, 2.05) is 66.5 Å². The zero-order valence-electron chi connectivity index (χ0n) is 18.6. The van der Waals surface area contributed by atoms with Gasteiger partial charge in [-0.3, -0.25) is 14.5 Å². The summed E-state index contributed by atoms with van der Waals surface area (Å²) in [6.07, 6.45) is 0. The van der Waals surface area contributed by atoms with Crippen LogP contribution in [0.25, 0.3) is 0 Å². The number of hydrogen-bond acceptors (Lipinski definition) is 7. The first kappa shape index (κ1) is 22.3. The zero-order chi connectivity index (χ0) is 23.8. The van der Waals surface area contributed by atoms with E-state index in [0.717, 1.165) is 21.2 Å². The van der Waals surface area contributed by atoms with Gasteiger partial charge in [0.2, 0.25) is 0 Å². The summed E-state index contributed by atoms with van der Waals surface area (Å²) in [5, 5.41) is 11.7. The molecule has 1 saturated heterocycles. The lowest BCUT2D eigenvalue weighted by Crippen LogP contribution is -2.29. The average Bonchev–Trinajstić information content (AvgIpc) is 3.32. The minimum absolute atomic E-state index is 0.0499. The minimum atomic E-state index is -0.142. The van der Waals surface area contributed by atoms with E-state index in [9.17, 15) is 14.7 Å². The molecule has 0 atom stereocenters.